The number of thioether (sulfide) groups is 1. The Bertz CT molecular complexity index is 557. The van der Waals surface area contributed by atoms with E-state index in [4.69, 9.17) is 0 Å². The number of likely N-dealkylation sites (N-methyl/N-ethyl adjacent to an activating group) is 1. The third-order valence-electron chi connectivity index (χ3n) is 3.97. The first-order chi connectivity index (χ1) is 9.99. The minimum absolute atomic E-state index is 0.101. The number of aryl methyl sites for hydroxylation is 1. The number of halogens is 4. The number of rotatable bonds is 3. The summed E-state index contributed by atoms with van der Waals surface area (Å²) in [5, 5.41) is 0. The van der Waals surface area contributed by atoms with Crippen molar-refractivity contribution in [2.24, 2.45) is 0 Å². The summed E-state index contributed by atoms with van der Waals surface area (Å²) in [7, 11) is 1.95. The van der Waals surface area contributed by atoms with Crippen molar-refractivity contribution in [2.75, 3.05) is 30.9 Å². The Morgan fingerprint density at radius 2 is 1.91 bits per heavy atom. The lowest BCUT2D eigenvalue weighted by Crippen LogP contribution is -2.36. The monoisotopic (exact) mass is 336 g/mol. The fourth-order valence-electron chi connectivity index (χ4n) is 2.45. The third-order valence-corrected chi connectivity index (χ3v) is 5.19. The molecule has 1 heterocycles. The van der Waals surface area contributed by atoms with Gasteiger partial charge in [0.1, 0.15) is 5.82 Å². The molecule has 0 atom stereocenters. The van der Waals surface area contributed by atoms with E-state index >= 15 is 0 Å². The van der Waals surface area contributed by atoms with E-state index in [0.29, 0.717) is 41.1 Å². The molecule has 124 valence electrons. The van der Waals surface area contributed by atoms with Crippen LogP contribution < -0.4 is 4.90 Å². The standard InChI is InChI=1S/C15H20F4N2S/c1-10-5-11(16)12(6-13(10)22-8-15(17,18)19)21-7-14(2,3)20(4)9-21/h5-6H,7-9H2,1-4H3. The van der Waals surface area contributed by atoms with Gasteiger partial charge < -0.3 is 4.90 Å². The van der Waals surface area contributed by atoms with Crippen LogP contribution in [0.25, 0.3) is 0 Å². The average molecular weight is 336 g/mol. The maximum atomic E-state index is 14.2. The molecule has 1 fully saturated rings. The van der Waals surface area contributed by atoms with Crippen molar-refractivity contribution in [1.82, 2.24) is 4.90 Å². The molecule has 0 spiro atoms. The highest BCUT2D eigenvalue weighted by atomic mass is 32.2. The maximum Gasteiger partial charge on any atom is 0.398 e. The normalized spacial score (nSPS) is 19.0. The van der Waals surface area contributed by atoms with Gasteiger partial charge in [0, 0.05) is 17.0 Å². The number of benzene rings is 1. The van der Waals surface area contributed by atoms with Crippen molar-refractivity contribution >= 4 is 17.4 Å². The minimum Gasteiger partial charge on any atom is -0.354 e. The second-order valence-electron chi connectivity index (χ2n) is 6.32. The van der Waals surface area contributed by atoms with Gasteiger partial charge in [0.25, 0.3) is 0 Å². The summed E-state index contributed by atoms with van der Waals surface area (Å²) in [6, 6.07) is 2.86. The zero-order valence-electron chi connectivity index (χ0n) is 13.1. The average Bonchev–Trinajstić information content (AvgIpc) is 2.61. The van der Waals surface area contributed by atoms with Crippen molar-refractivity contribution in [1.29, 1.82) is 0 Å². The summed E-state index contributed by atoms with van der Waals surface area (Å²) in [6.07, 6.45) is -4.23. The van der Waals surface area contributed by atoms with Gasteiger partial charge >= 0.3 is 6.18 Å². The highest BCUT2D eigenvalue weighted by Crippen LogP contribution is 2.36. The zero-order chi connectivity index (χ0) is 16.7. The lowest BCUT2D eigenvalue weighted by atomic mass is 10.1. The van der Waals surface area contributed by atoms with E-state index < -0.39 is 11.9 Å². The molecule has 0 aromatic heterocycles. The molecular weight excluding hydrogens is 316 g/mol. The lowest BCUT2D eigenvalue weighted by molar-refractivity contribution is -0.105. The SMILES string of the molecule is Cc1cc(F)c(N2CN(C)C(C)(C)C2)cc1SCC(F)(F)F. The lowest BCUT2D eigenvalue weighted by Gasteiger charge is -2.24. The van der Waals surface area contributed by atoms with Gasteiger partial charge in [-0.3, -0.25) is 4.90 Å². The highest BCUT2D eigenvalue weighted by molar-refractivity contribution is 7.99. The van der Waals surface area contributed by atoms with E-state index in [-0.39, 0.29) is 11.4 Å². The largest absolute Gasteiger partial charge is 0.398 e. The molecule has 2 rings (SSSR count). The molecule has 1 aliphatic heterocycles. The molecule has 1 saturated heterocycles. The van der Waals surface area contributed by atoms with Gasteiger partial charge in [-0.25, -0.2) is 4.39 Å². The maximum absolute atomic E-state index is 14.2. The quantitative estimate of drug-likeness (QED) is 0.601. The van der Waals surface area contributed by atoms with Crippen LogP contribution in [-0.4, -0.2) is 42.6 Å². The van der Waals surface area contributed by atoms with Gasteiger partial charge in [0.15, 0.2) is 0 Å². The summed E-state index contributed by atoms with van der Waals surface area (Å²) >= 11 is 0.704. The first kappa shape index (κ1) is 17.4. The van der Waals surface area contributed by atoms with E-state index in [1.807, 2.05) is 11.9 Å². The molecule has 0 radical (unpaired) electrons. The van der Waals surface area contributed by atoms with Gasteiger partial charge in [-0.05, 0) is 45.5 Å². The van der Waals surface area contributed by atoms with Crippen LogP contribution in [0.1, 0.15) is 19.4 Å². The van der Waals surface area contributed by atoms with Crippen molar-refractivity contribution in [3.63, 3.8) is 0 Å². The molecule has 0 unspecified atom stereocenters. The van der Waals surface area contributed by atoms with Crippen LogP contribution in [0.4, 0.5) is 23.2 Å². The van der Waals surface area contributed by atoms with Crippen LogP contribution in [0.15, 0.2) is 17.0 Å². The van der Waals surface area contributed by atoms with E-state index in [9.17, 15) is 17.6 Å². The zero-order valence-corrected chi connectivity index (χ0v) is 13.9. The molecule has 1 aliphatic rings. The van der Waals surface area contributed by atoms with Crippen molar-refractivity contribution in [2.45, 2.75) is 37.4 Å². The molecule has 0 bridgehead atoms. The molecule has 0 aliphatic carbocycles. The molecule has 2 nitrogen and oxygen atoms in total. The van der Waals surface area contributed by atoms with Crippen molar-refractivity contribution < 1.29 is 17.6 Å². The number of hydrogen-bond donors (Lipinski definition) is 0. The van der Waals surface area contributed by atoms with Crippen LogP contribution in [0.2, 0.25) is 0 Å². The Balaban J connectivity index is 2.26. The second kappa shape index (κ2) is 5.92. The van der Waals surface area contributed by atoms with Crippen LogP contribution in [0.3, 0.4) is 0 Å². The Hall–Kier alpha value is -0.950. The summed E-state index contributed by atoms with van der Waals surface area (Å²) in [5.41, 5.74) is 0.798. The van der Waals surface area contributed by atoms with Gasteiger partial charge in [0.2, 0.25) is 0 Å². The third kappa shape index (κ3) is 3.87. The number of anilines is 1. The minimum atomic E-state index is -4.23. The Morgan fingerprint density at radius 1 is 1.27 bits per heavy atom. The summed E-state index contributed by atoms with van der Waals surface area (Å²) < 4.78 is 51.4. The van der Waals surface area contributed by atoms with E-state index in [1.165, 1.54) is 12.1 Å². The summed E-state index contributed by atoms with van der Waals surface area (Å²) in [6.45, 7) is 6.92. The Morgan fingerprint density at radius 3 is 2.41 bits per heavy atom. The van der Waals surface area contributed by atoms with Gasteiger partial charge in [-0.2, -0.15) is 13.2 Å². The molecule has 0 amide bonds. The molecule has 1 aromatic carbocycles. The smallest absolute Gasteiger partial charge is 0.354 e. The first-order valence-electron chi connectivity index (χ1n) is 6.95. The predicted octanol–water partition coefficient (Wildman–Crippen LogP) is 4.28. The summed E-state index contributed by atoms with van der Waals surface area (Å²) in [5.74, 6) is -1.36. The molecule has 22 heavy (non-hydrogen) atoms. The number of hydrogen-bond acceptors (Lipinski definition) is 3. The van der Waals surface area contributed by atoms with E-state index in [1.54, 1.807) is 6.92 Å². The van der Waals surface area contributed by atoms with Crippen LogP contribution >= 0.6 is 11.8 Å². The fourth-order valence-corrected chi connectivity index (χ4v) is 3.25. The Labute approximate surface area is 132 Å². The van der Waals surface area contributed by atoms with Gasteiger partial charge in [-0.15, -0.1) is 11.8 Å². The van der Waals surface area contributed by atoms with Crippen molar-refractivity contribution in [3.8, 4) is 0 Å². The molecule has 0 saturated carbocycles. The predicted molar refractivity (Wildman–Crippen MR) is 82.0 cm³/mol. The Kier molecular flexibility index (Phi) is 4.69. The molecule has 0 N–H and O–H groups in total. The van der Waals surface area contributed by atoms with Crippen LogP contribution in [-0.2, 0) is 0 Å². The molecule has 7 heteroatoms. The van der Waals surface area contributed by atoms with E-state index in [0.717, 1.165) is 0 Å². The van der Waals surface area contributed by atoms with Crippen LogP contribution in [0, 0.1) is 12.7 Å². The highest BCUT2D eigenvalue weighted by Gasteiger charge is 2.35. The summed E-state index contributed by atoms with van der Waals surface area (Å²) in [4.78, 5) is 4.43. The molecule has 1 aromatic rings. The van der Waals surface area contributed by atoms with Gasteiger partial charge in [0.05, 0.1) is 18.1 Å². The first-order valence-corrected chi connectivity index (χ1v) is 7.94. The number of nitrogens with zero attached hydrogens (tertiary/aromatic N) is 2. The fraction of sp³-hybridized carbons (Fsp3) is 0.600. The number of alkyl halides is 3. The van der Waals surface area contributed by atoms with Gasteiger partial charge in [-0.1, -0.05) is 0 Å². The molecular formula is C15H20F4N2S. The second-order valence-corrected chi connectivity index (χ2v) is 7.34. The van der Waals surface area contributed by atoms with Crippen LogP contribution in [0.5, 0.6) is 0 Å². The topological polar surface area (TPSA) is 6.48 Å². The van der Waals surface area contributed by atoms with Crippen molar-refractivity contribution in [3.05, 3.63) is 23.5 Å². The van der Waals surface area contributed by atoms with E-state index in [2.05, 4.69) is 18.7 Å².